The van der Waals surface area contributed by atoms with E-state index < -0.39 is 0 Å². The SMILES string of the molecule is CC(C)c1cccc(OCC(=O)N/N=C/c2c(Cl)cccc2Cl)c1. The fraction of sp³-hybridized carbons (Fsp3) is 0.222. The van der Waals surface area contributed by atoms with Crippen molar-refractivity contribution in [3.8, 4) is 5.75 Å². The number of benzene rings is 2. The number of hydrogen-bond donors (Lipinski definition) is 1. The van der Waals surface area contributed by atoms with Crippen LogP contribution in [-0.4, -0.2) is 18.7 Å². The van der Waals surface area contributed by atoms with Gasteiger partial charge in [0.25, 0.3) is 5.91 Å². The molecule has 2 aromatic carbocycles. The lowest BCUT2D eigenvalue weighted by Crippen LogP contribution is -2.24. The lowest BCUT2D eigenvalue weighted by molar-refractivity contribution is -0.123. The Kier molecular flexibility index (Phi) is 6.64. The first kappa shape index (κ1) is 18.3. The van der Waals surface area contributed by atoms with Crippen molar-refractivity contribution in [2.45, 2.75) is 19.8 Å². The van der Waals surface area contributed by atoms with Crippen LogP contribution in [0.25, 0.3) is 0 Å². The Bertz CT molecular complexity index is 725. The molecule has 0 saturated carbocycles. The van der Waals surface area contributed by atoms with Gasteiger partial charge in [-0.1, -0.05) is 55.2 Å². The van der Waals surface area contributed by atoms with Crippen LogP contribution in [0.3, 0.4) is 0 Å². The van der Waals surface area contributed by atoms with Gasteiger partial charge in [0.1, 0.15) is 5.75 Å². The molecule has 0 aliphatic carbocycles. The number of amides is 1. The molecule has 0 heterocycles. The zero-order valence-electron chi connectivity index (χ0n) is 13.4. The molecule has 0 atom stereocenters. The standard InChI is InChI=1S/C18H18Cl2N2O2/c1-12(2)13-5-3-6-14(9-13)24-11-18(23)22-21-10-15-16(19)7-4-8-17(15)20/h3-10,12H,11H2,1-2H3,(H,22,23)/b21-10+. The molecule has 1 amide bonds. The van der Waals surface area contributed by atoms with E-state index >= 15 is 0 Å². The first-order valence-corrected chi connectivity index (χ1v) is 8.21. The molecule has 0 aliphatic rings. The van der Waals surface area contributed by atoms with Crippen molar-refractivity contribution in [1.29, 1.82) is 0 Å². The largest absolute Gasteiger partial charge is 0.484 e. The topological polar surface area (TPSA) is 50.7 Å². The van der Waals surface area contributed by atoms with Gasteiger partial charge in [0.2, 0.25) is 0 Å². The Morgan fingerprint density at radius 2 is 1.88 bits per heavy atom. The summed E-state index contributed by atoms with van der Waals surface area (Å²) < 4.78 is 5.47. The highest BCUT2D eigenvalue weighted by Gasteiger charge is 2.05. The lowest BCUT2D eigenvalue weighted by Gasteiger charge is -2.09. The maximum atomic E-state index is 11.8. The molecule has 0 fully saturated rings. The molecular formula is C18H18Cl2N2O2. The normalized spacial score (nSPS) is 11.0. The zero-order valence-corrected chi connectivity index (χ0v) is 14.9. The maximum absolute atomic E-state index is 11.8. The number of carbonyl (C=O) groups is 1. The summed E-state index contributed by atoms with van der Waals surface area (Å²) in [5, 5.41) is 4.77. The summed E-state index contributed by atoms with van der Waals surface area (Å²) in [4.78, 5) is 11.8. The van der Waals surface area contributed by atoms with Crippen molar-refractivity contribution in [3.05, 3.63) is 63.6 Å². The summed E-state index contributed by atoms with van der Waals surface area (Å²) in [5.74, 6) is 0.672. The Hall–Kier alpha value is -2.04. The molecule has 0 unspecified atom stereocenters. The van der Waals surface area contributed by atoms with Crippen LogP contribution in [0.5, 0.6) is 5.75 Å². The number of carbonyl (C=O) groups excluding carboxylic acids is 1. The van der Waals surface area contributed by atoms with Gasteiger partial charge in [-0.15, -0.1) is 0 Å². The van der Waals surface area contributed by atoms with Crippen LogP contribution in [0.1, 0.15) is 30.9 Å². The monoisotopic (exact) mass is 364 g/mol. The minimum absolute atomic E-state index is 0.130. The quantitative estimate of drug-likeness (QED) is 0.599. The van der Waals surface area contributed by atoms with Gasteiger partial charge < -0.3 is 4.74 Å². The molecule has 0 saturated heterocycles. The molecule has 0 aromatic heterocycles. The number of nitrogens with one attached hydrogen (secondary N) is 1. The van der Waals surface area contributed by atoms with Crippen molar-refractivity contribution in [3.63, 3.8) is 0 Å². The number of hydrogen-bond acceptors (Lipinski definition) is 3. The predicted molar refractivity (Wildman–Crippen MR) is 98.2 cm³/mol. The Balaban J connectivity index is 1.88. The maximum Gasteiger partial charge on any atom is 0.277 e. The molecule has 2 rings (SSSR count). The van der Waals surface area contributed by atoms with E-state index in [1.165, 1.54) is 6.21 Å². The third-order valence-corrected chi connectivity index (χ3v) is 3.94. The van der Waals surface area contributed by atoms with Crippen molar-refractivity contribution in [1.82, 2.24) is 5.43 Å². The molecule has 126 valence electrons. The van der Waals surface area contributed by atoms with E-state index in [1.807, 2.05) is 24.3 Å². The van der Waals surface area contributed by atoms with Crippen molar-refractivity contribution in [2.24, 2.45) is 5.10 Å². The molecule has 24 heavy (non-hydrogen) atoms. The molecule has 2 aromatic rings. The number of rotatable bonds is 6. The molecule has 4 nitrogen and oxygen atoms in total. The van der Waals surface area contributed by atoms with Crippen molar-refractivity contribution < 1.29 is 9.53 Å². The fourth-order valence-corrected chi connectivity index (χ4v) is 2.44. The molecule has 0 bridgehead atoms. The number of halogens is 2. The third kappa shape index (κ3) is 5.25. The molecule has 0 aliphatic heterocycles. The van der Waals surface area contributed by atoms with E-state index in [2.05, 4.69) is 24.4 Å². The summed E-state index contributed by atoms with van der Waals surface area (Å²) >= 11 is 12.0. The van der Waals surface area contributed by atoms with Crippen LogP contribution in [0.15, 0.2) is 47.6 Å². The molecule has 0 radical (unpaired) electrons. The van der Waals surface area contributed by atoms with Gasteiger partial charge in [0.05, 0.1) is 16.3 Å². The van der Waals surface area contributed by atoms with Gasteiger partial charge in [-0.3, -0.25) is 4.79 Å². The first-order chi connectivity index (χ1) is 11.5. The Morgan fingerprint density at radius 1 is 1.21 bits per heavy atom. The van der Waals surface area contributed by atoms with Crippen molar-refractivity contribution >= 4 is 35.3 Å². The van der Waals surface area contributed by atoms with Gasteiger partial charge in [0.15, 0.2) is 6.61 Å². The highest BCUT2D eigenvalue weighted by atomic mass is 35.5. The van der Waals surface area contributed by atoms with Gasteiger partial charge in [0, 0.05) is 5.56 Å². The first-order valence-electron chi connectivity index (χ1n) is 7.46. The number of nitrogens with zero attached hydrogens (tertiary/aromatic N) is 1. The van der Waals surface area contributed by atoms with Crippen LogP contribution in [0.2, 0.25) is 10.0 Å². The van der Waals surface area contributed by atoms with Crippen LogP contribution < -0.4 is 10.2 Å². The zero-order chi connectivity index (χ0) is 17.5. The Labute approximate surface area is 151 Å². The fourth-order valence-electron chi connectivity index (χ4n) is 1.95. The molecule has 6 heteroatoms. The van der Waals surface area contributed by atoms with E-state index in [0.29, 0.717) is 27.3 Å². The van der Waals surface area contributed by atoms with Gasteiger partial charge in [-0.25, -0.2) is 5.43 Å². The molecular weight excluding hydrogens is 347 g/mol. The van der Waals surface area contributed by atoms with Crippen molar-refractivity contribution in [2.75, 3.05) is 6.61 Å². The van der Waals surface area contributed by atoms with Crippen LogP contribution >= 0.6 is 23.2 Å². The van der Waals surface area contributed by atoms with Crippen LogP contribution in [-0.2, 0) is 4.79 Å². The van der Waals surface area contributed by atoms with E-state index in [9.17, 15) is 4.79 Å². The second kappa shape index (κ2) is 8.71. The lowest BCUT2D eigenvalue weighted by atomic mass is 10.0. The van der Waals surface area contributed by atoms with E-state index in [-0.39, 0.29) is 12.5 Å². The van der Waals surface area contributed by atoms with Gasteiger partial charge in [-0.05, 0) is 35.7 Å². The summed E-state index contributed by atoms with van der Waals surface area (Å²) in [6, 6.07) is 12.8. The third-order valence-electron chi connectivity index (χ3n) is 3.28. The Morgan fingerprint density at radius 3 is 2.54 bits per heavy atom. The van der Waals surface area contributed by atoms with Crippen LogP contribution in [0.4, 0.5) is 0 Å². The van der Waals surface area contributed by atoms with Gasteiger partial charge in [-0.2, -0.15) is 5.10 Å². The number of ether oxygens (including phenoxy) is 1. The summed E-state index contributed by atoms with van der Waals surface area (Å²) in [7, 11) is 0. The predicted octanol–water partition coefficient (Wildman–Crippen LogP) is 4.65. The second-order valence-electron chi connectivity index (χ2n) is 5.44. The minimum Gasteiger partial charge on any atom is -0.484 e. The van der Waals surface area contributed by atoms with E-state index in [1.54, 1.807) is 18.2 Å². The molecule has 0 spiro atoms. The highest BCUT2D eigenvalue weighted by molar-refractivity contribution is 6.38. The van der Waals surface area contributed by atoms with Gasteiger partial charge >= 0.3 is 0 Å². The summed E-state index contributed by atoms with van der Waals surface area (Å²) in [6.07, 6.45) is 1.40. The summed E-state index contributed by atoms with van der Waals surface area (Å²) in [5.41, 5.74) is 4.08. The average Bonchev–Trinajstić information content (AvgIpc) is 2.56. The second-order valence-corrected chi connectivity index (χ2v) is 6.26. The minimum atomic E-state index is -0.371. The van der Waals surface area contributed by atoms with E-state index in [4.69, 9.17) is 27.9 Å². The van der Waals surface area contributed by atoms with E-state index in [0.717, 1.165) is 5.56 Å². The van der Waals surface area contributed by atoms with Crippen LogP contribution in [0, 0.1) is 0 Å². The highest BCUT2D eigenvalue weighted by Crippen LogP contribution is 2.22. The molecule has 1 N–H and O–H groups in total. The smallest absolute Gasteiger partial charge is 0.277 e. The number of hydrazone groups is 1. The summed E-state index contributed by atoms with van der Waals surface area (Å²) in [6.45, 7) is 4.07. The average molecular weight is 365 g/mol.